The first-order chi connectivity index (χ1) is 6.20. The maximum absolute atomic E-state index is 4.39. The highest BCUT2D eigenvalue weighted by atomic mass is 15.3. The lowest BCUT2D eigenvalue weighted by molar-refractivity contribution is 0.767. The molecule has 1 heterocycles. The number of hydrogen-bond donors (Lipinski definition) is 0. The summed E-state index contributed by atoms with van der Waals surface area (Å²) in [5.74, 6) is 0. The number of hydrogen-bond acceptors (Lipinski definition) is 1. The Labute approximate surface area is 77.5 Å². The van der Waals surface area contributed by atoms with Gasteiger partial charge in [-0.25, -0.2) is 0 Å². The highest BCUT2D eigenvalue weighted by Crippen LogP contribution is 2.22. The van der Waals surface area contributed by atoms with Crippen LogP contribution in [0.2, 0.25) is 0 Å². The average molecular weight is 172 g/mol. The average Bonchev–Trinajstić information content (AvgIpc) is 2.39. The lowest BCUT2D eigenvalue weighted by Crippen LogP contribution is -1.94. The molecule has 1 aromatic heterocycles. The minimum Gasteiger partial charge on any atom is -0.267 e. The van der Waals surface area contributed by atoms with E-state index in [9.17, 15) is 0 Å². The predicted octanol–water partition coefficient (Wildman–Crippen LogP) is 2.61. The molecule has 66 valence electrons. The SMILES string of the molecule is C=C(C)c1c2ccccc2nn1C. The highest BCUT2D eigenvalue weighted by molar-refractivity contribution is 5.89. The van der Waals surface area contributed by atoms with Gasteiger partial charge in [-0.3, -0.25) is 4.68 Å². The molecule has 0 atom stereocenters. The summed E-state index contributed by atoms with van der Waals surface area (Å²) < 4.78 is 1.88. The van der Waals surface area contributed by atoms with Crippen molar-refractivity contribution in [3.8, 4) is 0 Å². The summed E-state index contributed by atoms with van der Waals surface area (Å²) in [7, 11) is 1.95. The van der Waals surface area contributed by atoms with E-state index in [0.717, 1.165) is 16.8 Å². The Morgan fingerprint density at radius 1 is 1.38 bits per heavy atom. The fraction of sp³-hybridized carbons (Fsp3) is 0.182. The van der Waals surface area contributed by atoms with Crippen LogP contribution >= 0.6 is 0 Å². The van der Waals surface area contributed by atoms with Crippen LogP contribution in [-0.2, 0) is 7.05 Å². The molecule has 0 amide bonds. The van der Waals surface area contributed by atoms with Crippen LogP contribution in [0, 0.1) is 0 Å². The van der Waals surface area contributed by atoms with Gasteiger partial charge in [0.15, 0.2) is 0 Å². The van der Waals surface area contributed by atoms with Gasteiger partial charge in [0.1, 0.15) is 0 Å². The van der Waals surface area contributed by atoms with Crippen LogP contribution in [0.4, 0.5) is 0 Å². The molecule has 0 unspecified atom stereocenters. The number of fused-ring (bicyclic) bond motifs is 1. The zero-order chi connectivity index (χ0) is 9.42. The van der Waals surface area contributed by atoms with Crippen molar-refractivity contribution in [2.75, 3.05) is 0 Å². The first kappa shape index (κ1) is 8.05. The number of rotatable bonds is 1. The van der Waals surface area contributed by atoms with Crippen molar-refractivity contribution < 1.29 is 0 Å². The van der Waals surface area contributed by atoms with E-state index >= 15 is 0 Å². The van der Waals surface area contributed by atoms with E-state index in [-0.39, 0.29) is 0 Å². The molecule has 0 bridgehead atoms. The largest absolute Gasteiger partial charge is 0.267 e. The zero-order valence-corrected chi connectivity index (χ0v) is 7.91. The molecule has 0 aliphatic heterocycles. The van der Waals surface area contributed by atoms with Crippen molar-refractivity contribution in [3.05, 3.63) is 36.5 Å². The molecule has 13 heavy (non-hydrogen) atoms. The van der Waals surface area contributed by atoms with Gasteiger partial charge in [-0.15, -0.1) is 0 Å². The molecule has 0 spiro atoms. The van der Waals surface area contributed by atoms with E-state index in [1.54, 1.807) is 0 Å². The Balaban J connectivity index is 2.86. The maximum atomic E-state index is 4.39. The lowest BCUT2D eigenvalue weighted by Gasteiger charge is -1.99. The molecule has 0 saturated heterocycles. The van der Waals surface area contributed by atoms with Crippen LogP contribution in [-0.4, -0.2) is 9.78 Å². The molecule has 0 aliphatic rings. The Kier molecular flexibility index (Phi) is 1.69. The predicted molar refractivity (Wildman–Crippen MR) is 55.4 cm³/mol. The number of aryl methyl sites for hydroxylation is 1. The van der Waals surface area contributed by atoms with Crippen molar-refractivity contribution in [2.24, 2.45) is 7.05 Å². The third-order valence-electron chi connectivity index (χ3n) is 2.14. The molecule has 2 heteroatoms. The molecule has 0 aliphatic carbocycles. The molecule has 1 aromatic carbocycles. The molecule has 0 N–H and O–H groups in total. The van der Waals surface area contributed by atoms with Crippen LogP contribution in [0.3, 0.4) is 0 Å². The topological polar surface area (TPSA) is 17.8 Å². The summed E-state index contributed by atoms with van der Waals surface area (Å²) in [4.78, 5) is 0. The Morgan fingerprint density at radius 3 is 2.77 bits per heavy atom. The molecule has 0 fully saturated rings. The molecule has 2 aromatic rings. The van der Waals surface area contributed by atoms with Gasteiger partial charge < -0.3 is 0 Å². The summed E-state index contributed by atoms with van der Waals surface area (Å²) in [5, 5.41) is 5.57. The molecule has 0 radical (unpaired) electrons. The Morgan fingerprint density at radius 2 is 2.08 bits per heavy atom. The van der Waals surface area contributed by atoms with E-state index < -0.39 is 0 Å². The molecular formula is C11H12N2. The molecule has 2 nitrogen and oxygen atoms in total. The summed E-state index contributed by atoms with van der Waals surface area (Å²) in [5.41, 5.74) is 3.20. The van der Waals surface area contributed by atoms with E-state index in [1.165, 1.54) is 5.39 Å². The van der Waals surface area contributed by atoms with Crippen molar-refractivity contribution in [1.82, 2.24) is 9.78 Å². The van der Waals surface area contributed by atoms with Gasteiger partial charge in [-0.05, 0) is 18.6 Å². The van der Waals surface area contributed by atoms with Gasteiger partial charge >= 0.3 is 0 Å². The molecule has 2 rings (SSSR count). The van der Waals surface area contributed by atoms with Crippen LogP contribution in [0.1, 0.15) is 12.6 Å². The second-order valence-corrected chi connectivity index (χ2v) is 3.27. The van der Waals surface area contributed by atoms with Crippen molar-refractivity contribution in [3.63, 3.8) is 0 Å². The summed E-state index contributed by atoms with van der Waals surface area (Å²) in [6, 6.07) is 8.11. The second-order valence-electron chi connectivity index (χ2n) is 3.27. The monoisotopic (exact) mass is 172 g/mol. The summed E-state index contributed by atoms with van der Waals surface area (Å²) in [6.07, 6.45) is 0. The van der Waals surface area contributed by atoms with Gasteiger partial charge in [0.2, 0.25) is 0 Å². The van der Waals surface area contributed by atoms with Crippen LogP contribution in [0.25, 0.3) is 16.5 Å². The number of aromatic nitrogens is 2. The summed E-state index contributed by atoms with van der Waals surface area (Å²) in [6.45, 7) is 5.95. The van der Waals surface area contributed by atoms with Gasteiger partial charge in [0.25, 0.3) is 0 Å². The standard InChI is InChI=1S/C11H12N2/c1-8(2)11-9-6-4-5-7-10(9)12-13(11)3/h4-7H,1H2,2-3H3. The van der Waals surface area contributed by atoms with E-state index in [4.69, 9.17) is 0 Å². The van der Waals surface area contributed by atoms with Crippen molar-refractivity contribution >= 4 is 16.5 Å². The third-order valence-corrected chi connectivity index (χ3v) is 2.14. The molecular weight excluding hydrogens is 160 g/mol. The van der Waals surface area contributed by atoms with E-state index in [1.807, 2.05) is 36.9 Å². The van der Waals surface area contributed by atoms with Crippen molar-refractivity contribution in [2.45, 2.75) is 6.92 Å². The Hall–Kier alpha value is -1.57. The van der Waals surface area contributed by atoms with Gasteiger partial charge in [0.05, 0.1) is 11.2 Å². The zero-order valence-electron chi connectivity index (χ0n) is 7.91. The second kappa shape index (κ2) is 2.73. The Bertz CT molecular complexity index is 466. The maximum Gasteiger partial charge on any atom is 0.0929 e. The lowest BCUT2D eigenvalue weighted by atomic mass is 10.1. The highest BCUT2D eigenvalue weighted by Gasteiger charge is 2.07. The quantitative estimate of drug-likeness (QED) is 0.646. The van der Waals surface area contributed by atoms with Gasteiger partial charge in [-0.1, -0.05) is 24.8 Å². The number of benzene rings is 1. The van der Waals surface area contributed by atoms with E-state index in [0.29, 0.717) is 0 Å². The normalized spacial score (nSPS) is 10.6. The third kappa shape index (κ3) is 1.15. The van der Waals surface area contributed by atoms with E-state index in [2.05, 4.69) is 17.7 Å². The smallest absolute Gasteiger partial charge is 0.0929 e. The minimum atomic E-state index is 1.03. The number of allylic oxidation sites excluding steroid dienone is 1. The van der Waals surface area contributed by atoms with Crippen LogP contribution in [0.5, 0.6) is 0 Å². The first-order valence-corrected chi connectivity index (χ1v) is 4.28. The first-order valence-electron chi connectivity index (χ1n) is 4.28. The van der Waals surface area contributed by atoms with Gasteiger partial charge in [-0.2, -0.15) is 5.10 Å². The summed E-state index contributed by atoms with van der Waals surface area (Å²) >= 11 is 0. The minimum absolute atomic E-state index is 1.03. The van der Waals surface area contributed by atoms with Gasteiger partial charge in [0, 0.05) is 12.4 Å². The van der Waals surface area contributed by atoms with Crippen molar-refractivity contribution in [1.29, 1.82) is 0 Å². The fourth-order valence-electron chi connectivity index (χ4n) is 1.65. The van der Waals surface area contributed by atoms with Crippen LogP contribution in [0.15, 0.2) is 30.8 Å². The molecule has 0 saturated carbocycles. The van der Waals surface area contributed by atoms with Crippen LogP contribution < -0.4 is 0 Å². The fourth-order valence-corrected chi connectivity index (χ4v) is 1.65. The number of nitrogens with zero attached hydrogens (tertiary/aromatic N) is 2.